The summed E-state index contributed by atoms with van der Waals surface area (Å²) in [5, 5.41) is 5.07. The van der Waals surface area contributed by atoms with Crippen LogP contribution in [0, 0.1) is 0 Å². The third kappa shape index (κ3) is 2.45. The summed E-state index contributed by atoms with van der Waals surface area (Å²) in [4.78, 5) is 5.44. The van der Waals surface area contributed by atoms with Gasteiger partial charge in [0.2, 0.25) is 0 Å². The Morgan fingerprint density at radius 3 is 2.85 bits per heavy atom. The molecule has 4 nitrogen and oxygen atoms in total. The molecule has 5 heteroatoms. The van der Waals surface area contributed by atoms with Gasteiger partial charge in [-0.05, 0) is 17.7 Å². The maximum absolute atomic E-state index is 5.97. The van der Waals surface area contributed by atoms with Crippen molar-refractivity contribution in [3.63, 3.8) is 0 Å². The molecule has 0 saturated carbocycles. The number of aliphatic imine (C=N–C) groups is 1. The minimum atomic E-state index is -0.157. The first-order valence-electron chi connectivity index (χ1n) is 6.25. The standard InChI is InChI=1S/C15H15N3OS/c1-19-12-6-3-10(4-7-12)2-5-11-8-20-14-13(11)17-9-18-15(14)16/h2-9,15H,16H2,1H3,(H,17,18)/b5-2+. The van der Waals surface area contributed by atoms with Crippen molar-refractivity contribution in [1.82, 2.24) is 5.32 Å². The summed E-state index contributed by atoms with van der Waals surface area (Å²) in [6.45, 7) is 0. The average Bonchev–Trinajstić information content (AvgIpc) is 2.90. The van der Waals surface area contributed by atoms with E-state index in [2.05, 4.69) is 27.8 Å². The normalized spacial score (nSPS) is 17.0. The molecule has 2 aromatic rings. The molecule has 20 heavy (non-hydrogen) atoms. The largest absolute Gasteiger partial charge is 0.497 e. The van der Waals surface area contributed by atoms with Gasteiger partial charge in [0.25, 0.3) is 0 Å². The van der Waals surface area contributed by atoms with Gasteiger partial charge in [-0.25, -0.2) is 4.99 Å². The minimum absolute atomic E-state index is 0.157. The summed E-state index contributed by atoms with van der Waals surface area (Å²) in [6.07, 6.45) is 5.62. The predicted molar refractivity (Wildman–Crippen MR) is 84.5 cm³/mol. The molecule has 3 N–H and O–H groups in total. The molecular weight excluding hydrogens is 270 g/mol. The third-order valence-corrected chi connectivity index (χ3v) is 4.19. The number of benzene rings is 1. The summed E-state index contributed by atoms with van der Waals surface area (Å²) in [6, 6.07) is 7.93. The molecule has 1 aromatic heterocycles. The lowest BCUT2D eigenvalue weighted by atomic mass is 10.1. The number of nitrogens with one attached hydrogen (secondary N) is 1. The Bertz CT molecular complexity index is 658. The number of thiophene rings is 1. The molecular formula is C15H15N3OS. The highest BCUT2D eigenvalue weighted by atomic mass is 32.1. The van der Waals surface area contributed by atoms with Crippen molar-refractivity contribution in [2.24, 2.45) is 10.7 Å². The zero-order chi connectivity index (χ0) is 13.9. The molecule has 1 aliphatic rings. The molecule has 0 fully saturated rings. The van der Waals surface area contributed by atoms with Gasteiger partial charge in [-0.15, -0.1) is 11.3 Å². The van der Waals surface area contributed by atoms with Crippen LogP contribution in [0.3, 0.4) is 0 Å². The van der Waals surface area contributed by atoms with Crippen LogP contribution in [-0.2, 0) is 0 Å². The molecule has 3 rings (SSSR count). The highest BCUT2D eigenvalue weighted by Gasteiger charge is 2.17. The summed E-state index contributed by atoms with van der Waals surface area (Å²) < 4.78 is 5.14. The van der Waals surface area contributed by atoms with E-state index in [1.165, 1.54) is 0 Å². The van der Waals surface area contributed by atoms with Gasteiger partial charge in [-0.2, -0.15) is 0 Å². The van der Waals surface area contributed by atoms with Crippen LogP contribution in [0.4, 0.5) is 5.69 Å². The Morgan fingerprint density at radius 2 is 2.10 bits per heavy atom. The fourth-order valence-corrected chi connectivity index (χ4v) is 2.96. The Balaban J connectivity index is 1.84. The first-order valence-corrected chi connectivity index (χ1v) is 7.13. The monoisotopic (exact) mass is 285 g/mol. The van der Waals surface area contributed by atoms with Gasteiger partial charge in [0.1, 0.15) is 11.9 Å². The number of hydrogen-bond acceptors (Lipinski definition) is 5. The van der Waals surface area contributed by atoms with Crippen molar-refractivity contribution in [2.75, 3.05) is 7.11 Å². The van der Waals surface area contributed by atoms with Gasteiger partial charge in [-0.1, -0.05) is 24.3 Å². The van der Waals surface area contributed by atoms with Crippen molar-refractivity contribution >= 4 is 35.5 Å². The maximum atomic E-state index is 5.97. The highest BCUT2D eigenvalue weighted by Crippen LogP contribution is 2.36. The van der Waals surface area contributed by atoms with Gasteiger partial charge in [-0.3, -0.25) is 0 Å². The zero-order valence-electron chi connectivity index (χ0n) is 11.0. The van der Waals surface area contributed by atoms with Crippen molar-refractivity contribution in [3.05, 3.63) is 45.6 Å². The molecule has 0 saturated heterocycles. The lowest BCUT2D eigenvalue weighted by molar-refractivity contribution is 0.415. The van der Waals surface area contributed by atoms with Crippen LogP contribution in [0.5, 0.6) is 5.75 Å². The quantitative estimate of drug-likeness (QED) is 0.910. The number of methoxy groups -OCH3 is 1. The molecule has 102 valence electrons. The van der Waals surface area contributed by atoms with Crippen molar-refractivity contribution < 1.29 is 4.74 Å². The first-order chi connectivity index (χ1) is 9.78. The van der Waals surface area contributed by atoms with Crippen molar-refractivity contribution in [3.8, 4) is 5.75 Å². The predicted octanol–water partition coefficient (Wildman–Crippen LogP) is 3.15. The fourth-order valence-electron chi connectivity index (χ4n) is 2.02. The molecule has 1 aliphatic heterocycles. The number of nitrogens with zero attached hydrogens (tertiary/aromatic N) is 1. The van der Waals surface area contributed by atoms with E-state index in [0.29, 0.717) is 0 Å². The molecule has 0 amide bonds. The second-order valence-corrected chi connectivity index (χ2v) is 5.32. The van der Waals surface area contributed by atoms with E-state index in [1.807, 2.05) is 24.3 Å². The Kier molecular flexibility index (Phi) is 3.54. The van der Waals surface area contributed by atoms with E-state index in [1.54, 1.807) is 24.8 Å². The topological polar surface area (TPSA) is 59.6 Å². The lowest BCUT2D eigenvalue weighted by Gasteiger charge is -2.14. The SMILES string of the molecule is COc1ccc(/C=C/c2csc3c2N=CNC3N)cc1. The van der Waals surface area contributed by atoms with Crippen LogP contribution >= 0.6 is 11.3 Å². The Hall–Kier alpha value is -2.11. The van der Waals surface area contributed by atoms with E-state index < -0.39 is 0 Å². The molecule has 2 heterocycles. The fraction of sp³-hybridized carbons (Fsp3) is 0.133. The number of nitrogens with two attached hydrogens (primary N) is 1. The van der Waals surface area contributed by atoms with E-state index >= 15 is 0 Å². The lowest BCUT2D eigenvalue weighted by Crippen LogP contribution is -2.28. The van der Waals surface area contributed by atoms with Crippen LogP contribution < -0.4 is 15.8 Å². The third-order valence-electron chi connectivity index (χ3n) is 3.12. The van der Waals surface area contributed by atoms with E-state index in [9.17, 15) is 0 Å². The van der Waals surface area contributed by atoms with Crippen LogP contribution in [0.2, 0.25) is 0 Å². The molecule has 0 aliphatic carbocycles. The molecule has 1 atom stereocenters. The maximum Gasteiger partial charge on any atom is 0.118 e. The number of rotatable bonds is 3. The molecule has 0 bridgehead atoms. The second kappa shape index (κ2) is 5.48. The Labute approximate surface area is 121 Å². The molecule has 1 unspecified atom stereocenters. The molecule has 1 aromatic carbocycles. The van der Waals surface area contributed by atoms with E-state index in [0.717, 1.165) is 27.4 Å². The van der Waals surface area contributed by atoms with Gasteiger partial charge >= 0.3 is 0 Å². The summed E-state index contributed by atoms with van der Waals surface area (Å²) in [7, 11) is 1.66. The summed E-state index contributed by atoms with van der Waals surface area (Å²) >= 11 is 1.63. The van der Waals surface area contributed by atoms with Crippen LogP contribution in [-0.4, -0.2) is 13.4 Å². The Morgan fingerprint density at radius 1 is 1.30 bits per heavy atom. The van der Waals surface area contributed by atoms with Gasteiger partial charge in [0.05, 0.1) is 24.0 Å². The van der Waals surface area contributed by atoms with Gasteiger partial charge in [0.15, 0.2) is 0 Å². The molecule has 0 spiro atoms. The van der Waals surface area contributed by atoms with E-state index in [-0.39, 0.29) is 6.17 Å². The number of ether oxygens (including phenoxy) is 1. The van der Waals surface area contributed by atoms with Crippen LogP contribution in [0.15, 0.2) is 34.6 Å². The summed E-state index contributed by atoms with van der Waals surface area (Å²) in [5.74, 6) is 0.858. The summed E-state index contributed by atoms with van der Waals surface area (Å²) in [5.41, 5.74) is 9.14. The van der Waals surface area contributed by atoms with Crippen molar-refractivity contribution in [1.29, 1.82) is 0 Å². The first kappa shape index (κ1) is 12.9. The second-order valence-electron chi connectivity index (χ2n) is 4.41. The van der Waals surface area contributed by atoms with Crippen LogP contribution in [0.1, 0.15) is 22.2 Å². The molecule has 0 radical (unpaired) electrons. The minimum Gasteiger partial charge on any atom is -0.497 e. The number of fused-ring (bicyclic) bond motifs is 1. The van der Waals surface area contributed by atoms with E-state index in [4.69, 9.17) is 10.5 Å². The smallest absolute Gasteiger partial charge is 0.118 e. The number of hydrogen-bond donors (Lipinski definition) is 2. The highest BCUT2D eigenvalue weighted by molar-refractivity contribution is 7.10. The average molecular weight is 285 g/mol. The van der Waals surface area contributed by atoms with Gasteiger partial charge < -0.3 is 15.8 Å². The van der Waals surface area contributed by atoms with Crippen molar-refractivity contribution in [2.45, 2.75) is 6.17 Å². The van der Waals surface area contributed by atoms with Gasteiger partial charge in [0, 0.05) is 10.9 Å². The van der Waals surface area contributed by atoms with Crippen LogP contribution in [0.25, 0.3) is 12.2 Å². The zero-order valence-corrected chi connectivity index (χ0v) is 11.9.